The maximum absolute atomic E-state index is 11.7. The van der Waals surface area contributed by atoms with Crippen molar-refractivity contribution in [2.45, 2.75) is 58.7 Å². The zero-order valence-corrected chi connectivity index (χ0v) is 13.2. The van der Waals surface area contributed by atoms with Gasteiger partial charge in [0.15, 0.2) is 0 Å². The van der Waals surface area contributed by atoms with Gasteiger partial charge in [0.2, 0.25) is 5.91 Å². The van der Waals surface area contributed by atoms with Gasteiger partial charge < -0.3 is 15.8 Å². The van der Waals surface area contributed by atoms with Crippen molar-refractivity contribution in [1.29, 1.82) is 0 Å². The van der Waals surface area contributed by atoms with Crippen LogP contribution < -0.4 is 11.1 Å². The lowest BCUT2D eigenvalue weighted by atomic mass is 10.1. The number of nitrogens with one attached hydrogen (secondary N) is 1. The summed E-state index contributed by atoms with van der Waals surface area (Å²) in [5, 5.41) is 10.8. The van der Waals surface area contributed by atoms with Crippen LogP contribution in [0.15, 0.2) is 6.20 Å². The van der Waals surface area contributed by atoms with E-state index in [-0.39, 0.29) is 24.6 Å². The molecule has 1 heterocycles. The van der Waals surface area contributed by atoms with Crippen LogP contribution in [0.2, 0.25) is 0 Å². The molecule has 3 N–H and O–H groups in total. The number of rotatable bonds is 10. The summed E-state index contributed by atoms with van der Waals surface area (Å²) >= 11 is 0. The van der Waals surface area contributed by atoms with Gasteiger partial charge in [-0.05, 0) is 26.7 Å². The maximum atomic E-state index is 11.7. The third-order valence-electron chi connectivity index (χ3n) is 2.94. The van der Waals surface area contributed by atoms with E-state index in [9.17, 15) is 4.79 Å². The lowest BCUT2D eigenvalue weighted by Crippen LogP contribution is -2.29. The monoisotopic (exact) mass is 297 g/mol. The number of aromatic nitrogens is 3. The molecule has 7 nitrogen and oxygen atoms in total. The summed E-state index contributed by atoms with van der Waals surface area (Å²) in [6, 6.07) is -0.111. The normalized spacial score (nSPS) is 12.6. The molecule has 7 heteroatoms. The molecular formula is C14H27N5O2. The Hall–Kier alpha value is -1.47. The van der Waals surface area contributed by atoms with Gasteiger partial charge in [-0.25, -0.2) is 4.68 Å². The summed E-state index contributed by atoms with van der Waals surface area (Å²) in [5.74, 6) is -0.0833. The molecular weight excluding hydrogens is 270 g/mol. The van der Waals surface area contributed by atoms with E-state index < -0.39 is 0 Å². The molecule has 0 spiro atoms. The van der Waals surface area contributed by atoms with E-state index in [1.807, 2.05) is 13.8 Å². The molecule has 120 valence electrons. The van der Waals surface area contributed by atoms with Crippen LogP contribution in [0.1, 0.15) is 51.8 Å². The van der Waals surface area contributed by atoms with Crippen LogP contribution in [0.4, 0.5) is 0 Å². The minimum atomic E-state index is -0.111. The fourth-order valence-electron chi connectivity index (χ4n) is 1.84. The standard InChI is InChI=1S/C14H27N5O2/c1-4-6-12(15)13-9-19(18-17-13)10-14(20)16-7-5-8-21-11(2)3/h9,11-12H,4-8,10,15H2,1-3H3,(H,16,20). The first-order chi connectivity index (χ1) is 10.0. The summed E-state index contributed by atoms with van der Waals surface area (Å²) in [6.45, 7) is 7.46. The Balaban J connectivity index is 2.25. The summed E-state index contributed by atoms with van der Waals surface area (Å²) in [5.41, 5.74) is 6.69. The predicted molar refractivity (Wildman–Crippen MR) is 80.6 cm³/mol. The highest BCUT2D eigenvalue weighted by molar-refractivity contribution is 5.75. The van der Waals surface area contributed by atoms with Crippen molar-refractivity contribution >= 4 is 5.91 Å². The Kier molecular flexibility index (Phi) is 7.92. The Morgan fingerprint density at radius 1 is 1.52 bits per heavy atom. The van der Waals surface area contributed by atoms with E-state index in [2.05, 4.69) is 22.6 Å². The SMILES string of the molecule is CCCC(N)c1cn(CC(=O)NCCCOC(C)C)nn1. The average molecular weight is 297 g/mol. The summed E-state index contributed by atoms with van der Waals surface area (Å²) in [7, 11) is 0. The second-order valence-corrected chi connectivity index (χ2v) is 5.36. The number of ether oxygens (including phenoxy) is 1. The van der Waals surface area contributed by atoms with Crippen LogP contribution in [0.3, 0.4) is 0 Å². The Morgan fingerprint density at radius 2 is 2.29 bits per heavy atom. The molecule has 0 aliphatic heterocycles. The predicted octanol–water partition coefficient (Wildman–Crippen LogP) is 1.01. The molecule has 0 bridgehead atoms. The van der Waals surface area contributed by atoms with Gasteiger partial charge in [-0.1, -0.05) is 18.6 Å². The van der Waals surface area contributed by atoms with Gasteiger partial charge in [0, 0.05) is 13.2 Å². The minimum absolute atomic E-state index is 0.0833. The molecule has 1 rings (SSSR count). The third kappa shape index (κ3) is 7.19. The molecule has 1 aromatic heterocycles. The molecule has 1 unspecified atom stereocenters. The van der Waals surface area contributed by atoms with Crippen LogP contribution in [0.25, 0.3) is 0 Å². The fourth-order valence-corrected chi connectivity index (χ4v) is 1.84. The summed E-state index contributed by atoms with van der Waals surface area (Å²) in [4.78, 5) is 11.7. The molecule has 0 saturated heterocycles. The largest absolute Gasteiger partial charge is 0.379 e. The highest BCUT2D eigenvalue weighted by Gasteiger charge is 2.11. The molecule has 1 aromatic rings. The van der Waals surface area contributed by atoms with Crippen LogP contribution in [0, 0.1) is 0 Å². The van der Waals surface area contributed by atoms with Gasteiger partial charge >= 0.3 is 0 Å². The number of hydrogen-bond donors (Lipinski definition) is 2. The van der Waals surface area contributed by atoms with Crippen LogP contribution in [0.5, 0.6) is 0 Å². The van der Waals surface area contributed by atoms with Crippen molar-refractivity contribution in [2.24, 2.45) is 5.73 Å². The van der Waals surface area contributed by atoms with E-state index in [1.165, 1.54) is 4.68 Å². The van der Waals surface area contributed by atoms with Crippen molar-refractivity contribution in [3.8, 4) is 0 Å². The lowest BCUT2D eigenvalue weighted by molar-refractivity contribution is -0.121. The zero-order chi connectivity index (χ0) is 15.7. The second-order valence-electron chi connectivity index (χ2n) is 5.36. The van der Waals surface area contributed by atoms with E-state index in [0.29, 0.717) is 13.2 Å². The molecule has 0 saturated carbocycles. The molecule has 0 aromatic carbocycles. The molecule has 1 amide bonds. The summed E-state index contributed by atoms with van der Waals surface area (Å²) in [6.07, 6.45) is 4.62. The highest BCUT2D eigenvalue weighted by atomic mass is 16.5. The maximum Gasteiger partial charge on any atom is 0.241 e. The Labute approximate surface area is 126 Å². The smallest absolute Gasteiger partial charge is 0.241 e. The molecule has 0 radical (unpaired) electrons. The van der Waals surface area contributed by atoms with Gasteiger partial charge in [0.1, 0.15) is 6.54 Å². The molecule has 0 fully saturated rings. The number of nitrogens with two attached hydrogens (primary N) is 1. The first kappa shape index (κ1) is 17.6. The molecule has 1 atom stereocenters. The van der Waals surface area contributed by atoms with Crippen molar-refractivity contribution in [3.63, 3.8) is 0 Å². The number of carbonyl (C=O) groups is 1. The van der Waals surface area contributed by atoms with Crippen molar-refractivity contribution < 1.29 is 9.53 Å². The van der Waals surface area contributed by atoms with Gasteiger partial charge in [-0.3, -0.25) is 4.79 Å². The minimum Gasteiger partial charge on any atom is -0.379 e. The Morgan fingerprint density at radius 3 is 2.95 bits per heavy atom. The highest BCUT2D eigenvalue weighted by Crippen LogP contribution is 2.11. The first-order valence-corrected chi connectivity index (χ1v) is 7.56. The van der Waals surface area contributed by atoms with Gasteiger partial charge in [0.05, 0.1) is 24.0 Å². The quantitative estimate of drug-likeness (QED) is 0.628. The van der Waals surface area contributed by atoms with E-state index in [1.54, 1.807) is 6.20 Å². The van der Waals surface area contributed by atoms with Gasteiger partial charge in [0.25, 0.3) is 0 Å². The zero-order valence-electron chi connectivity index (χ0n) is 13.2. The number of carbonyl (C=O) groups excluding carboxylic acids is 1. The van der Waals surface area contributed by atoms with E-state index >= 15 is 0 Å². The fraction of sp³-hybridized carbons (Fsp3) is 0.786. The molecule has 0 aliphatic rings. The van der Waals surface area contributed by atoms with Gasteiger partial charge in [-0.2, -0.15) is 0 Å². The van der Waals surface area contributed by atoms with E-state index in [4.69, 9.17) is 10.5 Å². The topological polar surface area (TPSA) is 95.1 Å². The van der Waals surface area contributed by atoms with Crippen molar-refractivity contribution in [2.75, 3.05) is 13.2 Å². The number of hydrogen-bond acceptors (Lipinski definition) is 5. The van der Waals surface area contributed by atoms with Gasteiger partial charge in [-0.15, -0.1) is 5.10 Å². The van der Waals surface area contributed by atoms with Crippen molar-refractivity contribution in [3.05, 3.63) is 11.9 Å². The van der Waals surface area contributed by atoms with E-state index in [0.717, 1.165) is 25.0 Å². The Bertz CT molecular complexity index is 419. The molecule has 21 heavy (non-hydrogen) atoms. The average Bonchev–Trinajstić information content (AvgIpc) is 2.86. The first-order valence-electron chi connectivity index (χ1n) is 7.56. The lowest BCUT2D eigenvalue weighted by Gasteiger charge is -2.08. The van der Waals surface area contributed by atoms with Crippen LogP contribution in [-0.4, -0.2) is 40.2 Å². The second kappa shape index (κ2) is 9.46. The third-order valence-corrected chi connectivity index (χ3v) is 2.94. The van der Waals surface area contributed by atoms with Crippen LogP contribution >= 0.6 is 0 Å². The molecule has 0 aliphatic carbocycles. The number of nitrogens with zero attached hydrogens (tertiary/aromatic N) is 3. The summed E-state index contributed by atoms with van der Waals surface area (Å²) < 4.78 is 6.92. The van der Waals surface area contributed by atoms with Crippen LogP contribution in [-0.2, 0) is 16.1 Å². The van der Waals surface area contributed by atoms with Crippen molar-refractivity contribution in [1.82, 2.24) is 20.3 Å². The number of amides is 1.